The highest BCUT2D eigenvalue weighted by molar-refractivity contribution is 5.93. The number of para-hydroxylation sites is 1. The number of carbonyl (C=O) groups excluding carboxylic acids is 1. The van der Waals surface area contributed by atoms with Crippen LogP contribution in [0.1, 0.15) is 12.5 Å². The zero-order chi connectivity index (χ0) is 12.8. The molecule has 0 unspecified atom stereocenters. The van der Waals surface area contributed by atoms with Crippen LogP contribution in [0.4, 0.5) is 5.69 Å². The number of nitrogens with one attached hydrogen (secondary N) is 1. The number of aryl methyl sites for hydroxylation is 1. The topological polar surface area (TPSA) is 41.6 Å². The van der Waals surface area contributed by atoms with Crippen LogP contribution in [0.15, 0.2) is 24.3 Å². The molecule has 0 aliphatic carbocycles. The van der Waals surface area contributed by atoms with Crippen molar-refractivity contribution in [3.63, 3.8) is 0 Å². The predicted octanol–water partition coefficient (Wildman–Crippen LogP) is 1.94. The fourth-order valence-electron chi connectivity index (χ4n) is 2.10. The molecule has 1 saturated heterocycles. The normalized spacial score (nSPS) is 15.6. The first-order valence-corrected chi connectivity index (χ1v) is 6.47. The first kappa shape index (κ1) is 16.0. The van der Waals surface area contributed by atoms with Crippen LogP contribution < -0.4 is 5.32 Å². The second-order valence-corrected chi connectivity index (χ2v) is 4.45. The molecule has 19 heavy (non-hydrogen) atoms. The largest absolute Gasteiger partial charge is 0.379 e. The molecular formula is C14H21ClN2O2. The average Bonchev–Trinajstić information content (AvgIpc) is 2.40. The highest BCUT2D eigenvalue weighted by atomic mass is 35.5. The molecule has 1 aromatic rings. The quantitative estimate of drug-likeness (QED) is 0.919. The van der Waals surface area contributed by atoms with Crippen molar-refractivity contribution < 1.29 is 9.53 Å². The van der Waals surface area contributed by atoms with Crippen LogP contribution in [0.2, 0.25) is 0 Å². The number of benzene rings is 1. The molecule has 1 heterocycles. The van der Waals surface area contributed by atoms with Crippen molar-refractivity contribution in [3.8, 4) is 0 Å². The van der Waals surface area contributed by atoms with Crippen LogP contribution in [-0.4, -0.2) is 43.7 Å². The minimum Gasteiger partial charge on any atom is -0.379 e. The molecule has 1 aromatic carbocycles. The predicted molar refractivity (Wildman–Crippen MR) is 79.0 cm³/mol. The lowest BCUT2D eigenvalue weighted by Gasteiger charge is -2.25. The van der Waals surface area contributed by atoms with E-state index in [0.717, 1.165) is 38.4 Å². The number of hydrogen-bond donors (Lipinski definition) is 1. The van der Waals surface area contributed by atoms with Gasteiger partial charge in [-0.3, -0.25) is 9.69 Å². The molecule has 0 saturated carbocycles. The second kappa shape index (κ2) is 8.15. The standard InChI is InChI=1S/C14H20N2O2.ClH/c1-2-12-5-3-4-6-13(12)15-14(17)11-16-7-9-18-10-8-16;/h3-6H,2,7-11H2,1H3,(H,15,17);1H. The maximum absolute atomic E-state index is 12.0. The number of rotatable bonds is 4. The van der Waals surface area contributed by atoms with E-state index in [2.05, 4.69) is 17.1 Å². The fraction of sp³-hybridized carbons (Fsp3) is 0.500. The fourth-order valence-corrected chi connectivity index (χ4v) is 2.10. The van der Waals surface area contributed by atoms with Crippen LogP contribution >= 0.6 is 12.4 Å². The molecule has 5 heteroatoms. The summed E-state index contributed by atoms with van der Waals surface area (Å²) in [6.45, 7) is 5.65. The lowest BCUT2D eigenvalue weighted by atomic mass is 10.1. The van der Waals surface area contributed by atoms with Gasteiger partial charge in [-0.1, -0.05) is 25.1 Å². The zero-order valence-corrected chi connectivity index (χ0v) is 12.0. The average molecular weight is 285 g/mol. The lowest BCUT2D eigenvalue weighted by molar-refractivity contribution is -0.118. The van der Waals surface area contributed by atoms with E-state index in [4.69, 9.17) is 4.74 Å². The van der Waals surface area contributed by atoms with Crippen molar-refractivity contribution in [2.75, 3.05) is 38.2 Å². The smallest absolute Gasteiger partial charge is 0.238 e. The van der Waals surface area contributed by atoms with E-state index < -0.39 is 0 Å². The molecule has 1 aliphatic heterocycles. The molecule has 0 radical (unpaired) electrons. The molecule has 0 spiro atoms. The van der Waals surface area contributed by atoms with Gasteiger partial charge in [0.2, 0.25) is 5.91 Å². The number of amides is 1. The summed E-state index contributed by atoms with van der Waals surface area (Å²) in [6.07, 6.45) is 0.925. The van der Waals surface area contributed by atoms with E-state index in [0.29, 0.717) is 6.54 Å². The zero-order valence-electron chi connectivity index (χ0n) is 11.2. The molecule has 0 aromatic heterocycles. The summed E-state index contributed by atoms with van der Waals surface area (Å²) in [7, 11) is 0. The van der Waals surface area contributed by atoms with Crippen molar-refractivity contribution in [1.82, 2.24) is 4.90 Å². The number of anilines is 1. The molecule has 2 rings (SSSR count). The van der Waals surface area contributed by atoms with Crippen LogP contribution in [0, 0.1) is 0 Å². The highest BCUT2D eigenvalue weighted by Gasteiger charge is 2.14. The number of halogens is 1. The maximum Gasteiger partial charge on any atom is 0.238 e. The summed E-state index contributed by atoms with van der Waals surface area (Å²) in [6, 6.07) is 7.94. The van der Waals surface area contributed by atoms with Gasteiger partial charge in [-0.2, -0.15) is 0 Å². The Morgan fingerprint density at radius 2 is 2.00 bits per heavy atom. The Labute approximate surface area is 120 Å². The molecule has 0 atom stereocenters. The van der Waals surface area contributed by atoms with E-state index in [1.165, 1.54) is 5.56 Å². The summed E-state index contributed by atoms with van der Waals surface area (Å²) in [5.41, 5.74) is 2.10. The van der Waals surface area contributed by atoms with Crippen molar-refractivity contribution in [2.24, 2.45) is 0 Å². The Bertz CT molecular complexity index is 406. The first-order chi connectivity index (χ1) is 8.79. The third-order valence-electron chi connectivity index (χ3n) is 3.14. The number of nitrogens with zero attached hydrogens (tertiary/aromatic N) is 1. The van der Waals surface area contributed by atoms with Gasteiger partial charge < -0.3 is 10.1 Å². The van der Waals surface area contributed by atoms with E-state index in [-0.39, 0.29) is 18.3 Å². The molecular weight excluding hydrogens is 264 g/mol. The van der Waals surface area contributed by atoms with Gasteiger partial charge in [0.25, 0.3) is 0 Å². The van der Waals surface area contributed by atoms with Gasteiger partial charge >= 0.3 is 0 Å². The monoisotopic (exact) mass is 284 g/mol. The number of hydrogen-bond acceptors (Lipinski definition) is 3. The number of ether oxygens (including phenoxy) is 1. The number of carbonyl (C=O) groups is 1. The molecule has 0 bridgehead atoms. The van der Waals surface area contributed by atoms with E-state index in [9.17, 15) is 4.79 Å². The maximum atomic E-state index is 12.0. The van der Waals surface area contributed by atoms with Gasteiger partial charge in [0.1, 0.15) is 0 Å². The third-order valence-corrected chi connectivity index (χ3v) is 3.14. The Kier molecular flexibility index (Phi) is 6.84. The molecule has 1 fully saturated rings. The van der Waals surface area contributed by atoms with Gasteiger partial charge in [0.05, 0.1) is 19.8 Å². The Morgan fingerprint density at radius 1 is 1.32 bits per heavy atom. The molecule has 1 N–H and O–H groups in total. The molecule has 1 aliphatic rings. The molecule has 1 amide bonds. The molecule has 4 nitrogen and oxygen atoms in total. The lowest BCUT2D eigenvalue weighted by Crippen LogP contribution is -2.41. The van der Waals surface area contributed by atoms with Crippen LogP contribution in [0.5, 0.6) is 0 Å². The van der Waals surface area contributed by atoms with E-state index in [1.807, 2.05) is 24.3 Å². The Hall–Kier alpha value is -1.10. The van der Waals surface area contributed by atoms with Crippen molar-refractivity contribution in [2.45, 2.75) is 13.3 Å². The van der Waals surface area contributed by atoms with Crippen molar-refractivity contribution in [1.29, 1.82) is 0 Å². The van der Waals surface area contributed by atoms with E-state index in [1.54, 1.807) is 0 Å². The highest BCUT2D eigenvalue weighted by Crippen LogP contribution is 2.15. The SMILES string of the molecule is CCc1ccccc1NC(=O)CN1CCOCC1.Cl. The first-order valence-electron chi connectivity index (χ1n) is 6.47. The summed E-state index contributed by atoms with van der Waals surface area (Å²) in [5, 5.41) is 2.99. The van der Waals surface area contributed by atoms with Gasteiger partial charge in [0, 0.05) is 18.8 Å². The third kappa shape index (κ3) is 4.82. The van der Waals surface area contributed by atoms with Gasteiger partial charge in [-0.15, -0.1) is 12.4 Å². The van der Waals surface area contributed by atoms with Gasteiger partial charge in [-0.25, -0.2) is 0 Å². The Balaban J connectivity index is 0.00000180. The van der Waals surface area contributed by atoms with Crippen molar-refractivity contribution in [3.05, 3.63) is 29.8 Å². The summed E-state index contributed by atoms with van der Waals surface area (Å²) < 4.78 is 5.26. The Morgan fingerprint density at radius 3 is 2.68 bits per heavy atom. The molecule has 106 valence electrons. The van der Waals surface area contributed by atoms with E-state index >= 15 is 0 Å². The minimum atomic E-state index is 0. The number of morpholine rings is 1. The van der Waals surface area contributed by atoms with Crippen LogP contribution in [0.3, 0.4) is 0 Å². The summed E-state index contributed by atoms with van der Waals surface area (Å²) in [5.74, 6) is 0.0535. The van der Waals surface area contributed by atoms with Gasteiger partial charge in [0.15, 0.2) is 0 Å². The van der Waals surface area contributed by atoms with Crippen molar-refractivity contribution >= 4 is 24.0 Å². The van der Waals surface area contributed by atoms with Crippen LogP contribution in [-0.2, 0) is 16.0 Å². The van der Waals surface area contributed by atoms with Gasteiger partial charge in [-0.05, 0) is 18.1 Å². The summed E-state index contributed by atoms with van der Waals surface area (Å²) in [4.78, 5) is 14.1. The second-order valence-electron chi connectivity index (χ2n) is 4.45. The van der Waals surface area contributed by atoms with Crippen LogP contribution in [0.25, 0.3) is 0 Å². The summed E-state index contributed by atoms with van der Waals surface area (Å²) >= 11 is 0. The minimum absolute atomic E-state index is 0.